The number of amides is 2. The molecule has 54 heavy (non-hydrogen) atoms. The van der Waals surface area contributed by atoms with E-state index < -0.39 is 21.8 Å². The molecule has 0 aliphatic carbocycles. The number of aromatic hydroxyl groups is 1. The lowest BCUT2D eigenvalue weighted by Gasteiger charge is -2.37. The van der Waals surface area contributed by atoms with Gasteiger partial charge >= 0.3 is 0 Å². The Labute approximate surface area is 318 Å². The van der Waals surface area contributed by atoms with Gasteiger partial charge in [-0.05, 0) is 96.5 Å². The molecule has 12 nitrogen and oxygen atoms in total. The highest BCUT2D eigenvalue weighted by Gasteiger charge is 2.23. The number of thioether (sulfide) groups is 1. The summed E-state index contributed by atoms with van der Waals surface area (Å²) in [5.74, 6) is -0.673. The van der Waals surface area contributed by atoms with Gasteiger partial charge in [0.25, 0.3) is 15.9 Å². The Balaban J connectivity index is 1.02. The van der Waals surface area contributed by atoms with E-state index in [1.807, 2.05) is 66.7 Å². The number of hydrogen-bond donors (Lipinski definition) is 4. The van der Waals surface area contributed by atoms with Crippen molar-refractivity contribution >= 4 is 62.0 Å². The summed E-state index contributed by atoms with van der Waals surface area (Å²) in [6.07, 6.45) is 0. The fourth-order valence-corrected chi connectivity index (χ4v) is 7.82. The fourth-order valence-electron chi connectivity index (χ4n) is 6.04. The number of nitrogens with one attached hydrogen (secondary N) is 3. The van der Waals surface area contributed by atoms with Crippen LogP contribution in [0.5, 0.6) is 5.75 Å². The van der Waals surface area contributed by atoms with E-state index in [0.29, 0.717) is 55.4 Å². The van der Waals surface area contributed by atoms with Crippen LogP contribution in [0.1, 0.15) is 28.8 Å². The van der Waals surface area contributed by atoms with E-state index in [4.69, 9.17) is 0 Å². The molecule has 2 amide bonds. The summed E-state index contributed by atoms with van der Waals surface area (Å²) in [6, 6.07) is 34.9. The van der Waals surface area contributed by atoms with Crippen LogP contribution in [-0.2, 0) is 14.8 Å². The number of phenols is 1. The molecule has 0 spiro atoms. The number of nitrogens with zero attached hydrogens (tertiary/aromatic N) is 3. The summed E-state index contributed by atoms with van der Waals surface area (Å²) in [4.78, 5) is 42.7. The van der Waals surface area contributed by atoms with E-state index in [-0.39, 0.29) is 27.8 Å². The number of phenolic OH excluding ortho intramolecular Hbond substituents is 1. The molecule has 0 aromatic heterocycles. The molecule has 4 N–H and O–H groups in total. The number of hydrogen-bond acceptors (Lipinski definition) is 11. The van der Waals surface area contributed by atoms with Crippen molar-refractivity contribution in [3.63, 3.8) is 0 Å². The molecule has 6 rings (SSSR count). The molecule has 1 unspecified atom stereocenters. The van der Waals surface area contributed by atoms with Gasteiger partial charge in [-0.15, -0.1) is 16.7 Å². The van der Waals surface area contributed by atoms with Crippen molar-refractivity contribution in [1.82, 2.24) is 4.72 Å². The molecule has 0 saturated carbocycles. The van der Waals surface area contributed by atoms with Gasteiger partial charge in [-0.25, -0.2) is 13.1 Å². The molecule has 14 heteroatoms. The zero-order chi connectivity index (χ0) is 38.1. The second-order valence-electron chi connectivity index (χ2n) is 12.7. The largest absolute Gasteiger partial charge is 0.508 e. The van der Waals surface area contributed by atoms with Crippen molar-refractivity contribution in [1.29, 1.82) is 0 Å². The minimum absolute atomic E-state index is 0.0789. The predicted molar refractivity (Wildman–Crippen MR) is 215 cm³/mol. The molecule has 5 aromatic carbocycles. The summed E-state index contributed by atoms with van der Waals surface area (Å²) in [6.45, 7) is 4.92. The molecule has 1 aliphatic heterocycles. The first kappa shape index (κ1) is 37.9. The lowest BCUT2D eigenvalue weighted by atomic mass is 9.98. The number of nitroso groups, excluding NO2 is 1. The second-order valence-corrected chi connectivity index (χ2v) is 15.5. The average molecular weight is 765 g/mol. The maximum Gasteiger partial charge on any atom is 0.264 e. The number of benzene rings is 5. The average Bonchev–Trinajstić information content (AvgIpc) is 3.19. The Kier molecular flexibility index (Phi) is 12.1. The molecular weight excluding hydrogens is 725 g/mol. The van der Waals surface area contributed by atoms with E-state index in [9.17, 15) is 28.0 Å². The first-order valence-corrected chi connectivity index (χ1v) is 19.8. The number of carbonyl (C=O) groups excluding carboxylic acids is 2. The van der Waals surface area contributed by atoms with Crippen molar-refractivity contribution < 1.29 is 23.1 Å². The van der Waals surface area contributed by atoms with E-state index in [1.165, 1.54) is 12.1 Å². The summed E-state index contributed by atoms with van der Waals surface area (Å²) in [7, 11) is -4.30. The molecule has 1 fully saturated rings. The third-order valence-electron chi connectivity index (χ3n) is 9.03. The number of rotatable bonds is 14. The Morgan fingerprint density at radius 1 is 0.815 bits per heavy atom. The third-order valence-corrected chi connectivity index (χ3v) is 11.4. The van der Waals surface area contributed by atoms with Crippen molar-refractivity contribution in [3.05, 3.63) is 137 Å². The maximum absolute atomic E-state index is 13.1. The molecule has 1 saturated heterocycles. The van der Waals surface area contributed by atoms with Crippen LogP contribution >= 0.6 is 11.8 Å². The monoisotopic (exact) mass is 764 g/mol. The van der Waals surface area contributed by atoms with E-state index in [1.54, 1.807) is 55.1 Å². The van der Waals surface area contributed by atoms with Crippen LogP contribution in [0.25, 0.3) is 0 Å². The van der Waals surface area contributed by atoms with Gasteiger partial charge in [-0.2, -0.15) is 0 Å². The standard InChI is InChI=1S/C40H40N6O6S2/c1-28(39(48)42-31-8-4-2-5-9-31)30-24-33(26-34(47)25-30)46-21-19-45(20-22-46)32-14-12-29(13-15-32)40(49)44-54(51,52)36-16-17-37(38(27-36)43-50)41-18-23-53-35-10-6-3-7-11-35/h2-17,24-28,41,47H,18-23H2,1H3,(H,42,48)(H,44,49). The van der Waals surface area contributed by atoms with E-state index in [0.717, 1.165) is 22.3 Å². The maximum atomic E-state index is 13.1. The van der Waals surface area contributed by atoms with Gasteiger partial charge in [-0.1, -0.05) is 36.4 Å². The van der Waals surface area contributed by atoms with Gasteiger partial charge in [0.15, 0.2) is 0 Å². The van der Waals surface area contributed by atoms with Crippen molar-refractivity contribution in [3.8, 4) is 5.75 Å². The number of para-hydroxylation sites is 1. The van der Waals surface area contributed by atoms with Crippen LogP contribution in [0.2, 0.25) is 0 Å². The lowest BCUT2D eigenvalue weighted by molar-refractivity contribution is -0.117. The minimum atomic E-state index is -4.30. The Morgan fingerprint density at radius 2 is 1.46 bits per heavy atom. The Hall–Kier alpha value is -5.86. The van der Waals surface area contributed by atoms with Crippen molar-refractivity contribution in [2.45, 2.75) is 22.6 Å². The predicted octanol–water partition coefficient (Wildman–Crippen LogP) is 7.18. The van der Waals surface area contributed by atoms with E-state index >= 15 is 0 Å². The van der Waals surface area contributed by atoms with Crippen LogP contribution in [-0.4, -0.2) is 63.8 Å². The zero-order valence-electron chi connectivity index (χ0n) is 29.5. The highest BCUT2D eigenvalue weighted by Crippen LogP contribution is 2.31. The number of carbonyl (C=O) groups is 2. The fraction of sp³-hybridized carbons (Fsp3) is 0.200. The summed E-state index contributed by atoms with van der Waals surface area (Å²) < 4.78 is 28.3. The van der Waals surface area contributed by atoms with Gasteiger partial charge < -0.3 is 25.5 Å². The SMILES string of the molecule is CC(C(=O)Nc1ccccc1)c1cc(O)cc(N2CCN(c3ccc(C(=O)NS(=O)(=O)c4ccc(NCCSc5ccccc5)c(N=O)c4)cc3)CC2)c1. The molecule has 1 atom stereocenters. The molecule has 0 bridgehead atoms. The number of anilines is 4. The zero-order valence-corrected chi connectivity index (χ0v) is 31.1. The van der Waals surface area contributed by atoms with Crippen LogP contribution in [0.4, 0.5) is 28.4 Å². The van der Waals surface area contributed by atoms with Crippen LogP contribution < -0.4 is 25.2 Å². The molecular formula is C40H40N6O6S2. The molecule has 278 valence electrons. The van der Waals surface area contributed by atoms with Crippen molar-refractivity contribution in [2.75, 3.05) is 58.9 Å². The van der Waals surface area contributed by atoms with E-state index in [2.05, 4.69) is 30.3 Å². The van der Waals surface area contributed by atoms with Crippen LogP contribution in [0.15, 0.2) is 136 Å². The molecule has 1 aliphatic rings. The third kappa shape index (κ3) is 9.57. The minimum Gasteiger partial charge on any atom is -0.508 e. The Morgan fingerprint density at radius 3 is 2.13 bits per heavy atom. The molecule has 5 aromatic rings. The number of sulfonamides is 1. The Bertz CT molecular complexity index is 2200. The van der Waals surface area contributed by atoms with Gasteiger partial charge in [0.2, 0.25) is 5.91 Å². The van der Waals surface area contributed by atoms with Crippen LogP contribution in [0, 0.1) is 4.91 Å². The smallest absolute Gasteiger partial charge is 0.264 e. The highest BCUT2D eigenvalue weighted by molar-refractivity contribution is 7.99. The van der Waals surface area contributed by atoms with Gasteiger partial charge in [0, 0.05) is 72.1 Å². The van der Waals surface area contributed by atoms with Gasteiger partial charge in [-0.3, -0.25) is 9.59 Å². The topological polar surface area (TPSA) is 161 Å². The van der Waals surface area contributed by atoms with Gasteiger partial charge in [0.05, 0.1) is 16.5 Å². The van der Waals surface area contributed by atoms with Crippen molar-refractivity contribution in [2.24, 2.45) is 5.18 Å². The normalized spacial score (nSPS) is 13.5. The highest BCUT2D eigenvalue weighted by atomic mass is 32.2. The quantitative estimate of drug-likeness (QED) is 0.0518. The first-order chi connectivity index (χ1) is 26.1. The lowest BCUT2D eigenvalue weighted by Crippen LogP contribution is -2.46. The van der Waals surface area contributed by atoms with Gasteiger partial charge in [0.1, 0.15) is 11.4 Å². The molecule has 1 heterocycles. The first-order valence-electron chi connectivity index (χ1n) is 17.4. The molecule has 0 radical (unpaired) electrons. The summed E-state index contributed by atoms with van der Waals surface area (Å²) >= 11 is 1.64. The second kappa shape index (κ2) is 17.3. The van der Waals surface area contributed by atoms with Crippen LogP contribution in [0.3, 0.4) is 0 Å². The summed E-state index contributed by atoms with van der Waals surface area (Å²) in [5, 5.41) is 19.6. The summed E-state index contributed by atoms with van der Waals surface area (Å²) in [5.41, 5.74) is 3.56. The number of piperazine rings is 1.